The van der Waals surface area contributed by atoms with Gasteiger partial charge >= 0.3 is 12.0 Å². The number of aromatic nitrogens is 1. The summed E-state index contributed by atoms with van der Waals surface area (Å²) in [4.78, 5) is 28.6. The molecule has 1 aromatic rings. The Balaban J connectivity index is 2.63. The van der Waals surface area contributed by atoms with Crippen LogP contribution in [0.5, 0.6) is 0 Å². The zero-order valence-electron chi connectivity index (χ0n) is 13.0. The molecule has 2 N–H and O–H groups in total. The Morgan fingerprint density at radius 2 is 2.00 bits per heavy atom. The molecule has 1 heterocycles. The maximum Gasteiger partial charge on any atom is 0.318 e. The predicted molar refractivity (Wildman–Crippen MR) is 79.9 cm³/mol. The van der Waals surface area contributed by atoms with E-state index in [2.05, 4.69) is 10.3 Å². The number of nitrogens with zero attached hydrogens (tertiary/aromatic N) is 2. The van der Waals surface area contributed by atoms with E-state index in [1.54, 1.807) is 6.20 Å². The van der Waals surface area contributed by atoms with Crippen molar-refractivity contribution in [3.05, 3.63) is 29.6 Å². The van der Waals surface area contributed by atoms with Gasteiger partial charge in [0.2, 0.25) is 0 Å². The zero-order valence-corrected chi connectivity index (χ0v) is 13.0. The van der Waals surface area contributed by atoms with Gasteiger partial charge in [0.25, 0.3) is 0 Å². The van der Waals surface area contributed by atoms with Crippen LogP contribution >= 0.6 is 0 Å². The molecule has 116 valence electrons. The van der Waals surface area contributed by atoms with E-state index in [1.807, 2.05) is 39.8 Å². The second-order valence-corrected chi connectivity index (χ2v) is 5.93. The van der Waals surface area contributed by atoms with Crippen molar-refractivity contribution >= 4 is 12.0 Å². The van der Waals surface area contributed by atoms with E-state index in [4.69, 9.17) is 5.11 Å². The zero-order chi connectivity index (χ0) is 16.0. The summed E-state index contributed by atoms with van der Waals surface area (Å²) >= 11 is 0. The molecule has 0 spiro atoms. The van der Waals surface area contributed by atoms with Crippen LogP contribution in [0.15, 0.2) is 18.3 Å². The van der Waals surface area contributed by atoms with Crippen molar-refractivity contribution in [2.45, 2.75) is 46.2 Å². The lowest BCUT2D eigenvalue weighted by atomic mass is 10.1. The number of carboxylic acid groups (broad SMARTS) is 1. The monoisotopic (exact) mass is 293 g/mol. The highest BCUT2D eigenvalue weighted by Gasteiger charge is 2.26. The Morgan fingerprint density at radius 1 is 1.33 bits per heavy atom. The summed E-state index contributed by atoms with van der Waals surface area (Å²) in [6.07, 6.45) is 1.64. The standard InChI is InChI=1S/C15H23N3O3/c1-11-5-6-12(9-16-11)10-17-14(21)18(15(2,3)4)8-7-13(19)20/h5-6,9H,7-8,10H2,1-4H3,(H,17,21)(H,19,20). The summed E-state index contributed by atoms with van der Waals surface area (Å²) in [5.74, 6) is -0.917. The number of carbonyl (C=O) groups excluding carboxylic acids is 1. The molecule has 0 radical (unpaired) electrons. The molecule has 0 atom stereocenters. The van der Waals surface area contributed by atoms with E-state index < -0.39 is 11.5 Å². The lowest BCUT2D eigenvalue weighted by molar-refractivity contribution is -0.137. The van der Waals surface area contributed by atoms with Crippen molar-refractivity contribution in [2.24, 2.45) is 0 Å². The Morgan fingerprint density at radius 3 is 2.48 bits per heavy atom. The van der Waals surface area contributed by atoms with Crippen LogP contribution in [0.3, 0.4) is 0 Å². The molecule has 0 aliphatic rings. The first-order valence-electron chi connectivity index (χ1n) is 6.89. The number of rotatable bonds is 5. The van der Waals surface area contributed by atoms with Gasteiger partial charge in [0.05, 0.1) is 6.42 Å². The number of urea groups is 1. The van der Waals surface area contributed by atoms with Crippen LogP contribution in [0.1, 0.15) is 38.4 Å². The van der Waals surface area contributed by atoms with Crippen molar-refractivity contribution in [1.29, 1.82) is 0 Å². The maximum atomic E-state index is 12.2. The number of carbonyl (C=O) groups is 2. The van der Waals surface area contributed by atoms with Gasteiger partial charge in [-0.1, -0.05) is 6.07 Å². The molecule has 0 bridgehead atoms. The van der Waals surface area contributed by atoms with Gasteiger partial charge in [0, 0.05) is 30.5 Å². The molecule has 0 aliphatic carbocycles. The normalized spacial score (nSPS) is 11.0. The second kappa shape index (κ2) is 7.06. The van der Waals surface area contributed by atoms with Crippen molar-refractivity contribution in [3.8, 4) is 0 Å². The molecule has 1 aromatic heterocycles. The largest absolute Gasteiger partial charge is 0.481 e. The lowest BCUT2D eigenvalue weighted by Gasteiger charge is -2.35. The Hall–Kier alpha value is -2.11. The summed E-state index contributed by atoms with van der Waals surface area (Å²) in [6, 6.07) is 3.51. The SMILES string of the molecule is Cc1ccc(CNC(=O)N(CCC(=O)O)C(C)(C)C)cn1. The van der Waals surface area contributed by atoms with Crippen LogP contribution in [-0.4, -0.2) is 39.1 Å². The van der Waals surface area contributed by atoms with E-state index in [0.717, 1.165) is 11.3 Å². The fourth-order valence-corrected chi connectivity index (χ4v) is 1.83. The summed E-state index contributed by atoms with van der Waals surface area (Å²) in [6.45, 7) is 8.07. The first kappa shape index (κ1) is 16.9. The average molecular weight is 293 g/mol. The van der Waals surface area contributed by atoms with Gasteiger partial charge in [0.15, 0.2) is 0 Å². The molecular formula is C15H23N3O3. The van der Waals surface area contributed by atoms with Gasteiger partial charge in [-0.25, -0.2) is 4.79 Å². The Kier molecular flexibility index (Phi) is 5.69. The molecule has 6 heteroatoms. The molecule has 0 saturated heterocycles. The fourth-order valence-electron chi connectivity index (χ4n) is 1.83. The van der Waals surface area contributed by atoms with Crippen LogP contribution in [-0.2, 0) is 11.3 Å². The molecule has 1 rings (SSSR count). The van der Waals surface area contributed by atoms with Gasteiger partial charge in [-0.15, -0.1) is 0 Å². The van der Waals surface area contributed by atoms with Crippen molar-refractivity contribution in [2.75, 3.05) is 6.54 Å². The van der Waals surface area contributed by atoms with Gasteiger partial charge < -0.3 is 15.3 Å². The van der Waals surface area contributed by atoms with Gasteiger partial charge in [-0.2, -0.15) is 0 Å². The number of aliphatic carboxylic acids is 1. The smallest absolute Gasteiger partial charge is 0.318 e. The molecule has 2 amide bonds. The number of carboxylic acids is 1. The number of hydrogen-bond donors (Lipinski definition) is 2. The molecule has 6 nitrogen and oxygen atoms in total. The molecular weight excluding hydrogens is 270 g/mol. The molecule has 0 aliphatic heterocycles. The highest BCUT2D eigenvalue weighted by atomic mass is 16.4. The summed E-state index contributed by atoms with van der Waals surface area (Å²) in [5, 5.41) is 11.6. The van der Waals surface area contributed by atoms with Crippen LogP contribution in [0, 0.1) is 6.92 Å². The first-order valence-corrected chi connectivity index (χ1v) is 6.89. The third kappa shape index (κ3) is 5.81. The Bertz CT molecular complexity index is 492. The summed E-state index contributed by atoms with van der Waals surface area (Å²) in [5.41, 5.74) is 1.38. The van der Waals surface area contributed by atoms with Crippen molar-refractivity contribution in [3.63, 3.8) is 0 Å². The van der Waals surface area contributed by atoms with Crippen LogP contribution in [0.2, 0.25) is 0 Å². The average Bonchev–Trinajstić information content (AvgIpc) is 2.36. The third-order valence-electron chi connectivity index (χ3n) is 3.02. The lowest BCUT2D eigenvalue weighted by Crippen LogP contribution is -2.50. The van der Waals surface area contributed by atoms with Gasteiger partial charge in [0.1, 0.15) is 0 Å². The minimum atomic E-state index is -0.917. The van der Waals surface area contributed by atoms with Crippen molar-refractivity contribution in [1.82, 2.24) is 15.2 Å². The van der Waals surface area contributed by atoms with Crippen molar-refractivity contribution < 1.29 is 14.7 Å². The van der Waals surface area contributed by atoms with E-state index >= 15 is 0 Å². The predicted octanol–water partition coefficient (Wildman–Crippen LogP) is 2.17. The molecule has 0 aromatic carbocycles. The quantitative estimate of drug-likeness (QED) is 0.871. The third-order valence-corrected chi connectivity index (χ3v) is 3.02. The summed E-state index contributed by atoms with van der Waals surface area (Å²) in [7, 11) is 0. The topological polar surface area (TPSA) is 82.5 Å². The van der Waals surface area contributed by atoms with Crippen LogP contribution in [0.4, 0.5) is 4.79 Å². The van der Waals surface area contributed by atoms with E-state index in [-0.39, 0.29) is 19.0 Å². The van der Waals surface area contributed by atoms with Gasteiger partial charge in [-0.05, 0) is 39.3 Å². The highest BCUT2D eigenvalue weighted by molar-refractivity contribution is 5.76. The minimum Gasteiger partial charge on any atom is -0.481 e. The Labute approximate surface area is 125 Å². The number of hydrogen-bond acceptors (Lipinski definition) is 3. The first-order chi connectivity index (χ1) is 9.70. The highest BCUT2D eigenvalue weighted by Crippen LogP contribution is 2.14. The molecule has 0 unspecified atom stereocenters. The van der Waals surface area contributed by atoms with Crippen LogP contribution in [0.25, 0.3) is 0 Å². The second-order valence-electron chi connectivity index (χ2n) is 5.93. The minimum absolute atomic E-state index is 0.0726. The van der Waals surface area contributed by atoms with E-state index in [0.29, 0.717) is 6.54 Å². The number of nitrogens with one attached hydrogen (secondary N) is 1. The maximum absolute atomic E-state index is 12.2. The number of amides is 2. The number of pyridine rings is 1. The summed E-state index contributed by atoms with van der Waals surface area (Å²) < 4.78 is 0. The van der Waals surface area contributed by atoms with E-state index in [9.17, 15) is 9.59 Å². The van der Waals surface area contributed by atoms with E-state index in [1.165, 1.54) is 4.90 Å². The van der Waals surface area contributed by atoms with Crippen LogP contribution < -0.4 is 5.32 Å². The number of aryl methyl sites for hydroxylation is 1. The molecule has 21 heavy (non-hydrogen) atoms. The van der Waals surface area contributed by atoms with Gasteiger partial charge in [-0.3, -0.25) is 9.78 Å². The molecule has 0 saturated carbocycles. The molecule has 0 fully saturated rings. The fraction of sp³-hybridized carbons (Fsp3) is 0.533.